The Bertz CT molecular complexity index is 2130. The number of rotatable bonds is 19. The quantitative estimate of drug-likeness (QED) is 0.0611. The molecule has 61 heavy (non-hydrogen) atoms. The van der Waals surface area contributed by atoms with Gasteiger partial charge in [0.15, 0.2) is 6.29 Å². The van der Waals surface area contributed by atoms with E-state index >= 15 is 0 Å². The average molecular weight is 845 g/mol. The normalized spacial score (nSPS) is 21.8. The average Bonchev–Trinajstić information content (AvgIpc) is 3.94. The van der Waals surface area contributed by atoms with Crippen LogP contribution in [0.15, 0.2) is 47.4 Å². The first-order valence-electron chi connectivity index (χ1n) is 21.8. The van der Waals surface area contributed by atoms with Crippen molar-refractivity contribution in [2.24, 2.45) is 5.92 Å². The van der Waals surface area contributed by atoms with Crippen LogP contribution in [0.3, 0.4) is 0 Å². The molecule has 0 amide bonds. The van der Waals surface area contributed by atoms with Gasteiger partial charge in [0.1, 0.15) is 34.7 Å². The predicted molar refractivity (Wildman–Crippen MR) is 226 cm³/mol. The molecule has 3 atom stereocenters. The van der Waals surface area contributed by atoms with Gasteiger partial charge in [-0.1, -0.05) is 11.6 Å². The van der Waals surface area contributed by atoms with Crippen molar-refractivity contribution in [3.05, 3.63) is 69.6 Å². The van der Waals surface area contributed by atoms with Crippen LogP contribution in [0.2, 0.25) is 0 Å². The summed E-state index contributed by atoms with van der Waals surface area (Å²) in [4.78, 5) is 46.4. The van der Waals surface area contributed by atoms with E-state index in [9.17, 15) is 34.8 Å². The van der Waals surface area contributed by atoms with Crippen molar-refractivity contribution in [3.63, 3.8) is 0 Å². The lowest BCUT2D eigenvalue weighted by Crippen LogP contribution is -2.54. The van der Waals surface area contributed by atoms with Gasteiger partial charge in [-0.05, 0) is 106 Å². The molecule has 14 heteroatoms. The molecule has 7 rings (SSSR count). The van der Waals surface area contributed by atoms with Crippen LogP contribution in [0.25, 0.3) is 16.5 Å². The van der Waals surface area contributed by atoms with Gasteiger partial charge in [-0.15, -0.1) is 0 Å². The second kappa shape index (κ2) is 20.1. The molecule has 5 N–H and O–H groups in total. The highest BCUT2D eigenvalue weighted by atomic mass is 16.6. The van der Waals surface area contributed by atoms with Crippen LogP contribution in [-0.4, -0.2) is 120 Å². The van der Waals surface area contributed by atoms with Gasteiger partial charge in [0.2, 0.25) is 5.76 Å². The van der Waals surface area contributed by atoms with Crippen molar-refractivity contribution in [2.45, 2.75) is 102 Å². The second-order valence-corrected chi connectivity index (χ2v) is 16.6. The molecule has 0 spiro atoms. The largest absolute Gasteiger partial charge is 0.492 e. The molecule has 1 aliphatic carbocycles. The number of hydrogen-bond acceptors (Lipinski definition) is 13. The van der Waals surface area contributed by atoms with E-state index in [0.29, 0.717) is 61.0 Å². The number of methoxy groups -OCH3 is 1. The molecule has 3 aliphatic heterocycles. The number of aliphatic hydroxyl groups is 4. The van der Waals surface area contributed by atoms with Gasteiger partial charge in [-0.2, -0.15) is 0 Å². The molecule has 2 fully saturated rings. The number of ether oxygens (including phenoxy) is 5. The van der Waals surface area contributed by atoms with Gasteiger partial charge in [0.25, 0.3) is 0 Å². The molecule has 1 aromatic heterocycles. The fourth-order valence-electron chi connectivity index (χ4n) is 9.85. The summed E-state index contributed by atoms with van der Waals surface area (Å²) in [5.74, 6) is -1.21. The topological polar surface area (TPSA) is 197 Å². The van der Waals surface area contributed by atoms with E-state index in [1.54, 1.807) is 14.0 Å². The lowest BCUT2D eigenvalue weighted by molar-refractivity contribution is -0.141. The maximum atomic E-state index is 13.7. The Kier molecular flexibility index (Phi) is 14.6. The highest BCUT2D eigenvalue weighted by molar-refractivity contribution is 6.11. The van der Waals surface area contributed by atoms with Crippen LogP contribution >= 0.6 is 0 Å². The Morgan fingerprint density at radius 1 is 1.02 bits per heavy atom. The number of carbonyl (C=O) groups excluding carboxylic acids is 3. The van der Waals surface area contributed by atoms with Gasteiger partial charge < -0.3 is 54.0 Å². The molecule has 0 radical (unpaired) electrons. The molecule has 1 saturated heterocycles. The number of ketones is 1. The third kappa shape index (κ3) is 9.02. The maximum Gasteiger partial charge on any atom is 0.375 e. The number of fused-ring (bicyclic) bond motifs is 3. The summed E-state index contributed by atoms with van der Waals surface area (Å²) in [7, 11) is 1.70. The van der Waals surface area contributed by atoms with Crippen LogP contribution < -0.4 is 14.2 Å². The molecule has 1 saturated carbocycles. The monoisotopic (exact) mass is 844 g/mol. The summed E-state index contributed by atoms with van der Waals surface area (Å²) < 4.78 is 30.5. The fraction of sp³-hybridized carbons (Fsp3) is 0.553. The fourth-order valence-corrected chi connectivity index (χ4v) is 9.85. The van der Waals surface area contributed by atoms with Crippen LogP contribution in [0.5, 0.6) is 17.2 Å². The number of nitrogens with zero attached hydrogens (tertiary/aromatic N) is 1. The second-order valence-electron chi connectivity index (χ2n) is 16.6. The third-order valence-corrected chi connectivity index (χ3v) is 13.0. The molecule has 14 nitrogen and oxygen atoms in total. The smallest absolute Gasteiger partial charge is 0.375 e. The van der Waals surface area contributed by atoms with Crippen molar-refractivity contribution in [3.8, 4) is 17.2 Å². The number of nitrogens with one attached hydrogen (secondary N) is 1. The van der Waals surface area contributed by atoms with E-state index in [0.717, 1.165) is 60.9 Å². The number of Topliss-reactive ketones (excluding diaryl/α,β-unsaturated/α-hetero) is 1. The van der Waals surface area contributed by atoms with E-state index < -0.39 is 30.2 Å². The Morgan fingerprint density at radius 3 is 2.54 bits per heavy atom. The summed E-state index contributed by atoms with van der Waals surface area (Å²) >= 11 is 0. The molecular formula is C47H60N2O12. The molecule has 2 aromatic carbocycles. The Hall–Kier alpha value is -4.57. The van der Waals surface area contributed by atoms with Crippen LogP contribution in [0.4, 0.5) is 0 Å². The molecular weight excluding hydrogens is 785 g/mol. The Balaban J connectivity index is 1.36. The zero-order valence-corrected chi connectivity index (χ0v) is 35.3. The van der Waals surface area contributed by atoms with Crippen LogP contribution in [0.1, 0.15) is 99.3 Å². The zero-order valence-electron chi connectivity index (χ0n) is 35.3. The molecule has 4 heterocycles. The minimum atomic E-state index is -1.33. The predicted octanol–water partition coefficient (Wildman–Crippen LogP) is 5.07. The van der Waals surface area contributed by atoms with E-state index in [1.165, 1.54) is 0 Å². The first kappa shape index (κ1) is 44.5. The lowest BCUT2D eigenvalue weighted by Gasteiger charge is -2.44. The number of piperidine rings is 1. The van der Waals surface area contributed by atoms with E-state index in [2.05, 4.69) is 9.88 Å². The van der Waals surface area contributed by atoms with Crippen LogP contribution in [-0.2, 0) is 36.9 Å². The van der Waals surface area contributed by atoms with Gasteiger partial charge in [-0.25, -0.2) is 4.79 Å². The lowest BCUT2D eigenvalue weighted by atomic mass is 9.72. The van der Waals surface area contributed by atoms with Gasteiger partial charge in [0, 0.05) is 81.5 Å². The molecule has 3 aromatic rings. The van der Waals surface area contributed by atoms with E-state index in [4.69, 9.17) is 23.7 Å². The number of benzene rings is 2. The third-order valence-electron chi connectivity index (χ3n) is 13.0. The summed E-state index contributed by atoms with van der Waals surface area (Å²) in [5.41, 5.74) is 2.62. The molecule has 0 bridgehead atoms. The summed E-state index contributed by atoms with van der Waals surface area (Å²) in [6.45, 7) is 4.15. The van der Waals surface area contributed by atoms with Gasteiger partial charge in [0.05, 0.1) is 36.5 Å². The number of aliphatic hydroxyl groups excluding tert-OH is 3. The molecule has 4 aliphatic rings. The van der Waals surface area contributed by atoms with Gasteiger partial charge in [-0.3, -0.25) is 9.59 Å². The van der Waals surface area contributed by atoms with E-state index in [1.807, 2.05) is 30.5 Å². The molecule has 330 valence electrons. The highest BCUT2D eigenvalue weighted by Gasteiger charge is 2.51. The van der Waals surface area contributed by atoms with Crippen LogP contribution in [0, 0.1) is 5.92 Å². The number of unbranched alkanes of at least 4 members (excludes halogenated alkanes) is 1. The number of carbonyl (C=O) groups is 3. The first-order valence-corrected chi connectivity index (χ1v) is 21.8. The number of esters is 1. The maximum absolute atomic E-state index is 13.7. The SMILES string of the molecule is CCOC(=O)C1=C(C=O)/C(=C2\CCC(=O)[C@@H](c3ccc4[nH]ccc4c3)C2)c2c(OCCCO)c3c(c(CO)c2O1)O[C@H]([C@@](O)(CCCCO)C1CCN(CCCOC)CC1)C3. The minimum absolute atomic E-state index is 0.00705. The van der Waals surface area contributed by atoms with Crippen molar-refractivity contribution in [1.82, 2.24) is 9.88 Å². The minimum Gasteiger partial charge on any atom is -0.492 e. The zero-order chi connectivity index (χ0) is 43.1. The highest BCUT2D eigenvalue weighted by Crippen LogP contribution is 2.57. The number of aromatic nitrogens is 1. The summed E-state index contributed by atoms with van der Waals surface area (Å²) in [6, 6.07) is 7.81. The van der Waals surface area contributed by atoms with Crippen molar-refractivity contribution in [2.75, 3.05) is 59.8 Å². The number of H-pyrrole nitrogens is 1. The van der Waals surface area contributed by atoms with Gasteiger partial charge >= 0.3 is 5.97 Å². The number of aldehydes is 1. The Labute approximate surface area is 356 Å². The van der Waals surface area contributed by atoms with Crippen molar-refractivity contribution in [1.29, 1.82) is 0 Å². The Morgan fingerprint density at radius 2 is 1.82 bits per heavy atom. The number of aromatic amines is 1. The number of hydrogen-bond donors (Lipinski definition) is 5. The number of allylic oxidation sites excluding steroid dienone is 3. The van der Waals surface area contributed by atoms with Crippen molar-refractivity contribution < 1.29 is 58.5 Å². The summed E-state index contributed by atoms with van der Waals surface area (Å²) in [5, 5.41) is 44.7. The first-order chi connectivity index (χ1) is 29.7. The van der Waals surface area contributed by atoms with Crippen molar-refractivity contribution >= 4 is 34.5 Å². The number of likely N-dealkylation sites (tertiary alicyclic amines) is 1. The molecule has 0 unspecified atom stereocenters. The standard InChI is InChI=1S/C47H60N2O12/c1-3-58-46(55)45-35(27-52)40(31-9-11-38(54)33(25-31)29-8-10-37-30(24-29)12-16-48-37)41-43(59-23-7-21-51)34-26-39(60-42(34)36(28-53)44(41)61-45)47(56,15-4-5-20-50)32-13-18-49(19-14-32)17-6-22-57-2/h8,10,12,16,24,27,32-33,39,48,50-51,53,56H,3-7,9,11,13-15,17-23,25-26,28H2,1-2H3/b40-31-/t33-,39+,47-/m1/s1. The van der Waals surface area contributed by atoms with E-state index in [-0.39, 0.29) is 92.2 Å². The summed E-state index contributed by atoms with van der Waals surface area (Å²) in [6.07, 6.45) is 6.63.